The number of nitrogens with one attached hydrogen (secondary N) is 1. The van der Waals surface area contributed by atoms with Crippen LogP contribution in [0.25, 0.3) is 11.3 Å². The van der Waals surface area contributed by atoms with Gasteiger partial charge in [0.25, 0.3) is 0 Å². The normalized spacial score (nSPS) is 17.5. The molecule has 0 bridgehead atoms. The number of aromatic nitrogens is 1. The molecule has 0 spiro atoms. The summed E-state index contributed by atoms with van der Waals surface area (Å²) in [5.74, 6) is 1.57. The summed E-state index contributed by atoms with van der Waals surface area (Å²) in [6.07, 6.45) is 9.98. The highest BCUT2D eigenvalue weighted by Crippen LogP contribution is 2.34. The molecule has 4 nitrogen and oxygen atoms in total. The van der Waals surface area contributed by atoms with Crippen LogP contribution in [0.1, 0.15) is 61.8 Å². The second kappa shape index (κ2) is 7.03. The molecule has 1 heterocycles. The number of fused-ring (bicyclic) bond motifs is 1. The van der Waals surface area contributed by atoms with Gasteiger partial charge in [-0.1, -0.05) is 30.1 Å². The Labute approximate surface area is 149 Å². The van der Waals surface area contributed by atoms with Gasteiger partial charge >= 0.3 is 0 Å². The fourth-order valence-corrected chi connectivity index (χ4v) is 4.19. The van der Waals surface area contributed by atoms with Crippen LogP contribution in [0, 0.1) is 12.8 Å². The highest BCUT2D eigenvalue weighted by molar-refractivity contribution is 5.92. The van der Waals surface area contributed by atoms with E-state index in [9.17, 15) is 4.79 Å². The molecule has 2 aliphatic rings. The number of nitrogens with zero attached hydrogens (tertiary/aromatic N) is 1. The van der Waals surface area contributed by atoms with Crippen molar-refractivity contribution in [3.63, 3.8) is 0 Å². The molecule has 1 N–H and O–H groups in total. The third-order valence-electron chi connectivity index (χ3n) is 5.68. The van der Waals surface area contributed by atoms with Gasteiger partial charge in [0.1, 0.15) is 0 Å². The second-order valence-corrected chi connectivity index (χ2v) is 7.58. The van der Waals surface area contributed by atoms with Gasteiger partial charge in [0.15, 0.2) is 5.76 Å². The first-order valence-electron chi connectivity index (χ1n) is 9.59. The minimum absolute atomic E-state index is 0.131. The number of amides is 1. The lowest BCUT2D eigenvalue weighted by molar-refractivity contribution is -0.117. The zero-order valence-corrected chi connectivity index (χ0v) is 14.9. The van der Waals surface area contributed by atoms with Crippen LogP contribution in [0.15, 0.2) is 22.7 Å². The van der Waals surface area contributed by atoms with Gasteiger partial charge in [-0.15, -0.1) is 0 Å². The molecule has 0 unspecified atom stereocenters. The van der Waals surface area contributed by atoms with Gasteiger partial charge in [-0.05, 0) is 63.0 Å². The highest BCUT2D eigenvalue weighted by atomic mass is 16.5. The third kappa shape index (κ3) is 3.48. The summed E-state index contributed by atoms with van der Waals surface area (Å²) in [6.45, 7) is 2.03. The number of benzene rings is 1. The number of carbonyl (C=O) groups excluding carboxylic acids is 1. The zero-order valence-electron chi connectivity index (χ0n) is 14.9. The molecule has 1 saturated carbocycles. The maximum Gasteiger partial charge on any atom is 0.224 e. The van der Waals surface area contributed by atoms with Crippen molar-refractivity contribution in [3.8, 4) is 11.3 Å². The summed E-state index contributed by atoms with van der Waals surface area (Å²) in [5, 5.41) is 7.37. The van der Waals surface area contributed by atoms with E-state index in [0.29, 0.717) is 12.3 Å². The van der Waals surface area contributed by atoms with Crippen LogP contribution >= 0.6 is 0 Å². The van der Waals surface area contributed by atoms with Crippen molar-refractivity contribution in [2.24, 2.45) is 5.92 Å². The Morgan fingerprint density at radius 2 is 2.00 bits per heavy atom. The Balaban J connectivity index is 1.54. The second-order valence-electron chi connectivity index (χ2n) is 7.58. The predicted molar refractivity (Wildman–Crippen MR) is 98.5 cm³/mol. The lowest BCUT2D eigenvalue weighted by atomic mass is 9.93. The van der Waals surface area contributed by atoms with E-state index in [0.717, 1.165) is 41.1 Å². The fourth-order valence-electron chi connectivity index (χ4n) is 4.19. The van der Waals surface area contributed by atoms with Crippen LogP contribution in [-0.4, -0.2) is 11.1 Å². The predicted octanol–water partition coefficient (Wildman–Crippen LogP) is 5.05. The monoisotopic (exact) mass is 338 g/mol. The van der Waals surface area contributed by atoms with Crippen LogP contribution in [0.3, 0.4) is 0 Å². The number of aryl methyl sites for hydroxylation is 2. The number of hydrogen-bond donors (Lipinski definition) is 1. The molecule has 1 fully saturated rings. The summed E-state index contributed by atoms with van der Waals surface area (Å²) in [5.41, 5.74) is 5.34. The van der Waals surface area contributed by atoms with Gasteiger partial charge in [-0.3, -0.25) is 4.79 Å². The van der Waals surface area contributed by atoms with Crippen LogP contribution in [-0.2, 0) is 17.6 Å². The van der Waals surface area contributed by atoms with E-state index in [1.165, 1.54) is 44.1 Å². The first-order valence-corrected chi connectivity index (χ1v) is 9.59. The topological polar surface area (TPSA) is 55.1 Å². The van der Waals surface area contributed by atoms with Crippen molar-refractivity contribution in [3.05, 3.63) is 35.0 Å². The van der Waals surface area contributed by atoms with E-state index < -0.39 is 0 Å². The maximum absolute atomic E-state index is 12.4. The van der Waals surface area contributed by atoms with Gasteiger partial charge in [0, 0.05) is 23.2 Å². The third-order valence-corrected chi connectivity index (χ3v) is 5.68. The SMILES string of the molecule is Cc1ccc(-c2onc3c2CCCC3)cc1NC(=O)CC1CCCC1. The molecule has 1 aromatic carbocycles. The molecule has 0 aliphatic heterocycles. The quantitative estimate of drug-likeness (QED) is 0.849. The van der Waals surface area contributed by atoms with Crippen LogP contribution in [0.2, 0.25) is 0 Å². The van der Waals surface area contributed by atoms with Gasteiger partial charge in [0.05, 0.1) is 5.69 Å². The molecule has 0 radical (unpaired) electrons. The number of carbonyl (C=O) groups is 1. The molecule has 1 amide bonds. The summed E-state index contributed by atoms with van der Waals surface area (Å²) >= 11 is 0. The number of anilines is 1. The van der Waals surface area contributed by atoms with E-state index in [1.807, 2.05) is 13.0 Å². The summed E-state index contributed by atoms with van der Waals surface area (Å²) in [6, 6.07) is 6.16. The molecular weight excluding hydrogens is 312 g/mol. The van der Waals surface area contributed by atoms with Gasteiger partial charge in [-0.25, -0.2) is 0 Å². The average Bonchev–Trinajstić information content (AvgIpc) is 3.26. The van der Waals surface area contributed by atoms with Crippen molar-refractivity contribution in [1.82, 2.24) is 5.16 Å². The van der Waals surface area contributed by atoms with Gasteiger partial charge < -0.3 is 9.84 Å². The lowest BCUT2D eigenvalue weighted by Crippen LogP contribution is -2.15. The molecule has 132 valence electrons. The van der Waals surface area contributed by atoms with Crippen molar-refractivity contribution in [2.45, 2.75) is 64.7 Å². The van der Waals surface area contributed by atoms with E-state index >= 15 is 0 Å². The summed E-state index contributed by atoms with van der Waals surface area (Å²) < 4.78 is 5.65. The highest BCUT2D eigenvalue weighted by Gasteiger charge is 2.22. The molecule has 1 aromatic heterocycles. The van der Waals surface area contributed by atoms with Crippen molar-refractivity contribution in [1.29, 1.82) is 0 Å². The Bertz CT molecular complexity index is 772. The average molecular weight is 338 g/mol. The van der Waals surface area contributed by atoms with Crippen molar-refractivity contribution >= 4 is 11.6 Å². The summed E-state index contributed by atoms with van der Waals surface area (Å²) in [7, 11) is 0. The number of rotatable bonds is 4. The van der Waals surface area contributed by atoms with Gasteiger partial charge in [0.2, 0.25) is 5.91 Å². The lowest BCUT2D eigenvalue weighted by Gasteiger charge is -2.13. The summed E-state index contributed by atoms with van der Waals surface area (Å²) in [4.78, 5) is 12.4. The van der Waals surface area contributed by atoms with Crippen molar-refractivity contribution in [2.75, 3.05) is 5.32 Å². The molecule has 2 aromatic rings. The smallest absolute Gasteiger partial charge is 0.224 e. The number of hydrogen-bond acceptors (Lipinski definition) is 3. The molecule has 4 heteroatoms. The molecular formula is C21H26N2O2. The maximum atomic E-state index is 12.4. The molecule has 2 aliphatic carbocycles. The first-order chi connectivity index (χ1) is 12.2. The van der Waals surface area contributed by atoms with E-state index in [2.05, 4.69) is 22.6 Å². The minimum atomic E-state index is 0.131. The van der Waals surface area contributed by atoms with E-state index in [1.54, 1.807) is 0 Å². The first kappa shape index (κ1) is 16.4. The Hall–Kier alpha value is -2.10. The minimum Gasteiger partial charge on any atom is -0.356 e. The Morgan fingerprint density at radius 3 is 2.84 bits per heavy atom. The van der Waals surface area contributed by atoms with E-state index in [-0.39, 0.29) is 5.91 Å². The van der Waals surface area contributed by atoms with Crippen LogP contribution < -0.4 is 5.32 Å². The molecule has 0 atom stereocenters. The zero-order chi connectivity index (χ0) is 17.2. The standard InChI is InChI=1S/C21H26N2O2/c1-14-10-11-16(21-17-8-4-5-9-18(17)23-25-21)13-19(14)22-20(24)12-15-6-2-3-7-15/h10-11,13,15H,2-9,12H2,1H3,(H,22,24). The van der Waals surface area contributed by atoms with Crippen LogP contribution in [0.4, 0.5) is 5.69 Å². The van der Waals surface area contributed by atoms with E-state index in [4.69, 9.17) is 4.52 Å². The Morgan fingerprint density at radius 1 is 1.20 bits per heavy atom. The molecule has 25 heavy (non-hydrogen) atoms. The van der Waals surface area contributed by atoms with Crippen molar-refractivity contribution < 1.29 is 9.32 Å². The molecule has 4 rings (SSSR count). The fraction of sp³-hybridized carbons (Fsp3) is 0.524. The largest absolute Gasteiger partial charge is 0.356 e. The molecule has 0 saturated heterocycles. The van der Waals surface area contributed by atoms with Gasteiger partial charge in [-0.2, -0.15) is 0 Å². The Kier molecular flexibility index (Phi) is 4.60. The van der Waals surface area contributed by atoms with Crippen LogP contribution in [0.5, 0.6) is 0 Å².